The number of esters is 1. The summed E-state index contributed by atoms with van der Waals surface area (Å²) >= 11 is 32.0. The van der Waals surface area contributed by atoms with E-state index in [4.69, 9.17) is 76.7 Å². The average molecular weight is 2030 g/mol. The number of nitrogens with zero attached hydrogens (tertiary/aromatic N) is 8. The van der Waals surface area contributed by atoms with E-state index in [0.717, 1.165) is 149 Å². The first-order valence-corrected chi connectivity index (χ1v) is 51.0. The van der Waals surface area contributed by atoms with Gasteiger partial charge in [0.25, 0.3) is 29.2 Å². The summed E-state index contributed by atoms with van der Waals surface area (Å²) in [5.41, 5.74) is 12.5. The predicted molar refractivity (Wildman–Crippen MR) is 553 cm³/mol. The van der Waals surface area contributed by atoms with E-state index < -0.39 is 24.0 Å². The Labute approximate surface area is 839 Å². The summed E-state index contributed by atoms with van der Waals surface area (Å²) in [6.45, 7) is 29.9. The van der Waals surface area contributed by atoms with E-state index in [-0.39, 0.29) is 76.9 Å². The molecule has 0 bridgehead atoms. The molecular formula is C104H100Cl4N12O13S5. The van der Waals surface area contributed by atoms with Crippen LogP contribution >= 0.6 is 103 Å². The molecule has 0 spiro atoms. The van der Waals surface area contributed by atoms with Crippen molar-refractivity contribution < 1.29 is 57.2 Å². The van der Waals surface area contributed by atoms with Gasteiger partial charge in [-0.15, -0.1) is 63.3 Å². The van der Waals surface area contributed by atoms with Gasteiger partial charge < -0.3 is 74.0 Å². The molecule has 7 aromatic heterocycles. The van der Waals surface area contributed by atoms with Crippen LogP contribution in [0.4, 0.5) is 25.7 Å². The van der Waals surface area contributed by atoms with Crippen molar-refractivity contribution in [2.45, 2.75) is 69.0 Å². The number of Topliss-reactive ketones (excluding diaryl/α,β-unsaturated/α-hetero) is 1. The molecular weight excluding hydrogens is 1930 g/mol. The molecule has 0 saturated carbocycles. The van der Waals surface area contributed by atoms with Crippen molar-refractivity contribution in [1.29, 1.82) is 0 Å². The van der Waals surface area contributed by atoms with Gasteiger partial charge in [0.15, 0.2) is 5.78 Å². The van der Waals surface area contributed by atoms with Crippen LogP contribution in [-0.2, 0) is 33.3 Å². The fraction of sp³-hybridized carbons (Fsp3) is 0.308. The lowest BCUT2D eigenvalue weighted by molar-refractivity contribution is -0.146. The molecule has 5 amide bonds. The quantitative estimate of drug-likeness (QED) is 0.0398. The molecule has 712 valence electrons. The molecule has 7 aliphatic heterocycles. The number of benzene rings is 6. The Morgan fingerprint density at radius 1 is 0.594 bits per heavy atom. The van der Waals surface area contributed by atoms with Crippen LogP contribution in [0.5, 0.6) is 0 Å². The highest BCUT2D eigenvalue weighted by Gasteiger charge is 2.48. The first-order valence-electron chi connectivity index (χ1n) is 45.4. The SMILES string of the molecule is C=CCN1C(=O)c2sc(N3CCOCC3)cc2[C@@H](c2ccc(Cl)c(Cl)c2)[C@@H]1C(=O)OC.CC(C)NC(=O)[C@@H]1NC(=O)c2sc(N3CCOCC3)cc2[C@H]1c1ccc(Cl)cc1.CNC(=O)c1[nH]c(=O)c2sc(N3CCOCC3)cc2c1-c1ccc(Cl)cc1.Cc1ccc(C2CN(C)C(=O)c3sc(-c4ccncc4)cc32)cc1.[C-]#[N+]c1c(N2CCOCC2)sc2c1C(c1ccc3ccccc3c1)CC2=O. The minimum atomic E-state index is -0.840. The van der Waals surface area contributed by atoms with E-state index >= 15 is 0 Å². The van der Waals surface area contributed by atoms with E-state index in [2.05, 4.69) is 131 Å². The number of thiophene rings is 5. The molecule has 1 aliphatic carbocycles. The monoisotopic (exact) mass is 2020 g/mol. The summed E-state index contributed by atoms with van der Waals surface area (Å²) in [7, 11) is 4.76. The summed E-state index contributed by atoms with van der Waals surface area (Å²) in [5, 5.41) is 17.6. The molecule has 14 heterocycles. The smallest absolute Gasteiger partial charge is 0.329 e. The van der Waals surface area contributed by atoms with Crippen LogP contribution in [-0.4, -0.2) is 219 Å². The van der Waals surface area contributed by atoms with Crippen molar-refractivity contribution in [2.75, 3.05) is 159 Å². The molecule has 4 saturated heterocycles. The van der Waals surface area contributed by atoms with E-state index in [0.29, 0.717) is 105 Å². The zero-order valence-corrected chi connectivity index (χ0v) is 83.6. The summed E-state index contributed by atoms with van der Waals surface area (Å²) < 4.78 is 27.5. The molecule has 21 rings (SSSR count). The number of ether oxygens (including phenoxy) is 5. The van der Waals surface area contributed by atoms with E-state index in [1.54, 1.807) is 61.1 Å². The Morgan fingerprint density at radius 2 is 1.16 bits per heavy atom. The number of aromatic amines is 1. The fourth-order valence-corrected chi connectivity index (χ4v) is 25.1. The van der Waals surface area contributed by atoms with Crippen LogP contribution in [0.2, 0.25) is 20.1 Å². The highest BCUT2D eigenvalue weighted by Crippen LogP contribution is 2.55. The van der Waals surface area contributed by atoms with Crippen molar-refractivity contribution in [1.82, 2.24) is 35.7 Å². The largest absolute Gasteiger partial charge is 0.467 e. The maximum absolute atomic E-state index is 13.4. The maximum atomic E-state index is 13.4. The van der Waals surface area contributed by atoms with Gasteiger partial charge in [-0.3, -0.25) is 38.5 Å². The van der Waals surface area contributed by atoms with E-state index in [1.807, 2.05) is 105 Å². The molecule has 138 heavy (non-hydrogen) atoms. The number of aryl methyl sites for hydroxylation is 1. The van der Waals surface area contributed by atoms with Crippen molar-refractivity contribution in [2.24, 2.45) is 0 Å². The van der Waals surface area contributed by atoms with Crippen molar-refractivity contribution in [3.63, 3.8) is 0 Å². The number of halogens is 4. The number of H-pyrrole nitrogens is 1. The Hall–Kier alpha value is -11.6. The Bertz CT molecular complexity index is 6830. The highest BCUT2D eigenvalue weighted by molar-refractivity contribution is 7.23. The van der Waals surface area contributed by atoms with Gasteiger partial charge in [-0.2, -0.15) is 0 Å². The van der Waals surface area contributed by atoms with Gasteiger partial charge in [-0.05, 0) is 160 Å². The first kappa shape index (κ1) is 98.0. The van der Waals surface area contributed by atoms with Crippen LogP contribution in [0.15, 0.2) is 200 Å². The lowest BCUT2D eigenvalue weighted by atomic mass is 9.81. The number of morpholine rings is 4. The van der Waals surface area contributed by atoms with Gasteiger partial charge in [0.1, 0.15) is 22.5 Å². The minimum absolute atomic E-state index is 0.0157. The maximum Gasteiger partial charge on any atom is 0.329 e. The summed E-state index contributed by atoms with van der Waals surface area (Å²) in [4.78, 5) is 130. The molecule has 8 aliphatic rings. The van der Waals surface area contributed by atoms with Gasteiger partial charge in [-0.1, -0.05) is 155 Å². The average Bonchev–Trinajstić information content (AvgIpc) is 1.60. The van der Waals surface area contributed by atoms with Crippen molar-refractivity contribution in [3.8, 4) is 21.6 Å². The number of amides is 5. The predicted octanol–water partition coefficient (Wildman–Crippen LogP) is 19.7. The second kappa shape index (κ2) is 43.8. The third kappa shape index (κ3) is 21.0. The number of rotatable bonds is 16. The molecule has 6 aromatic carbocycles. The number of anilines is 4. The molecule has 25 nitrogen and oxygen atoms in total. The number of aromatic nitrogens is 2. The summed E-state index contributed by atoms with van der Waals surface area (Å²) in [6, 6.07) is 54.0. The normalized spacial score (nSPS) is 18.9. The number of fused-ring (bicyclic) bond motifs is 6. The van der Waals surface area contributed by atoms with Gasteiger partial charge in [0.05, 0.1) is 116 Å². The van der Waals surface area contributed by atoms with Crippen molar-refractivity contribution >= 4 is 191 Å². The number of carbonyl (C=O) groups is 7. The van der Waals surface area contributed by atoms with Crippen LogP contribution in [0, 0.1) is 13.5 Å². The second-order valence-electron chi connectivity index (χ2n) is 34.4. The van der Waals surface area contributed by atoms with E-state index in [9.17, 15) is 38.4 Å². The summed E-state index contributed by atoms with van der Waals surface area (Å²) in [5.74, 6) is -1.62. The number of methoxy groups -OCH3 is 1. The van der Waals surface area contributed by atoms with Gasteiger partial charge in [-0.25, -0.2) is 9.64 Å². The Kier molecular flexibility index (Phi) is 31.1. The molecule has 6 atom stereocenters. The van der Waals surface area contributed by atoms with Gasteiger partial charge >= 0.3 is 5.97 Å². The number of pyridine rings is 2. The third-order valence-corrected chi connectivity index (χ3v) is 32.7. The lowest BCUT2D eigenvalue weighted by Crippen LogP contribution is -2.54. The molecule has 4 fully saturated rings. The minimum Gasteiger partial charge on any atom is -0.467 e. The number of nitrogens with one attached hydrogen (secondary N) is 4. The van der Waals surface area contributed by atoms with Crippen molar-refractivity contribution in [3.05, 3.63) is 312 Å². The Morgan fingerprint density at radius 3 is 1.75 bits per heavy atom. The molecule has 34 heteroatoms. The lowest BCUT2D eigenvalue weighted by Gasteiger charge is -2.39. The fourth-order valence-electron chi connectivity index (χ4n) is 18.5. The zero-order chi connectivity index (χ0) is 96.7. The van der Waals surface area contributed by atoms with Crippen LogP contribution in [0.25, 0.3) is 47.3 Å². The number of hydrogen-bond acceptors (Lipinski definition) is 23. The van der Waals surface area contributed by atoms with Gasteiger partial charge in [0.2, 0.25) is 11.6 Å². The standard InChI is InChI=1S/C22H22Cl2N2O4S.C22H18N2O2S.C21H24ClN3O3S.C20H18N2OS.C19H18ClN3O3S/c1-3-6-26-19(22(28)29-2)18(13-4-5-15(23)16(24)11-13)14-12-17(31-20(14)21(26)27)25-7-9-30-10-8-25;1-23-20-19-17(16-7-6-14-4-2-3-5-15(14)12-16)13-18(25)21(19)27-22(20)24-8-10-26-11-9-24;1-12(2)23-20(26)18-17(13-3-5-14(22)6-4-13)15-11-16(25-7-9-28-10-8-25)29-19(15)21(27)24-18;1-13-3-5-14(6-4-13)17-12-22(2)20(23)19-16(17)11-18(24-19)15-7-9-21-10-8-15;1-21-18(24)16-15(11-2-4-12(20)5-3-11)13-10-14(23-6-8-26-9-7-23)27-17(13)19(25)22-16/h3-5,11-12,18-19H,1,6-10H2,2H3;2-7,12,17H,8-11,13H2;3-6,11-12,17-18H,7-10H2,1-2H3,(H,23,26)(H,24,27);3-11,17H,12H2,1-2H3;2-5,10H,6-9H2,1H3,(H,21,24)(H,22,25)/t18-,19-;;17-,18-;;/m1.1../s1. The molecule has 13 aromatic rings. The zero-order valence-electron chi connectivity index (χ0n) is 76.5. The molecule has 4 N–H and O–H groups in total. The summed E-state index contributed by atoms with van der Waals surface area (Å²) in [6.07, 6.45) is 5.66. The topological polar surface area (TPSA) is 271 Å². The number of ketones is 1. The first-order chi connectivity index (χ1) is 66.9. The Balaban J connectivity index is 0.000000120. The highest BCUT2D eigenvalue weighted by atomic mass is 35.5. The molecule has 0 radical (unpaired) electrons. The second-order valence-corrected chi connectivity index (χ2v) is 41.3. The number of carbonyl (C=O) groups excluding carboxylic acids is 7. The number of likely N-dealkylation sites (N-methyl/N-ethyl adjacent to an activating group) is 1. The van der Waals surface area contributed by atoms with Crippen LogP contribution in [0.1, 0.15) is 143 Å². The van der Waals surface area contributed by atoms with Gasteiger partial charge in [0, 0.05) is 154 Å². The van der Waals surface area contributed by atoms with Crippen LogP contribution < -0.4 is 41.1 Å². The van der Waals surface area contributed by atoms with Crippen LogP contribution in [0.3, 0.4) is 0 Å². The molecule has 2 unspecified atom stereocenters. The van der Waals surface area contributed by atoms with E-state index in [1.165, 1.54) is 79.3 Å². The number of hydrogen-bond donors (Lipinski definition) is 4. The third-order valence-electron chi connectivity index (χ3n) is 25.4.